The van der Waals surface area contributed by atoms with E-state index in [0.29, 0.717) is 24.9 Å². The van der Waals surface area contributed by atoms with Gasteiger partial charge in [-0.3, -0.25) is 0 Å². The fourth-order valence-electron chi connectivity index (χ4n) is 2.98. The summed E-state index contributed by atoms with van der Waals surface area (Å²) in [6, 6.07) is -0.346. The van der Waals surface area contributed by atoms with Gasteiger partial charge >= 0.3 is 12.0 Å². The molecule has 2 amide bonds. The first kappa shape index (κ1) is 16.1. The van der Waals surface area contributed by atoms with Crippen molar-refractivity contribution in [2.24, 2.45) is 5.92 Å². The van der Waals surface area contributed by atoms with Crippen LogP contribution >= 0.6 is 0 Å². The van der Waals surface area contributed by atoms with Crippen molar-refractivity contribution in [3.63, 3.8) is 0 Å². The Morgan fingerprint density at radius 1 is 1.19 bits per heavy atom. The van der Waals surface area contributed by atoms with E-state index in [1.165, 1.54) is 0 Å². The number of amides is 2. The monoisotopic (exact) mass is 296 g/mol. The highest BCUT2D eigenvalue weighted by atomic mass is 16.4. The molecule has 2 aliphatic rings. The zero-order valence-electron chi connectivity index (χ0n) is 13.3. The lowest BCUT2D eigenvalue weighted by Crippen LogP contribution is -2.51. The lowest BCUT2D eigenvalue weighted by molar-refractivity contribution is -0.142. The molecule has 5 nitrogen and oxygen atoms in total. The van der Waals surface area contributed by atoms with E-state index in [0.717, 1.165) is 45.1 Å². The van der Waals surface area contributed by atoms with Gasteiger partial charge in [0.05, 0.1) is 0 Å². The maximum atomic E-state index is 12.8. The molecule has 0 aromatic heterocycles. The Kier molecular flexibility index (Phi) is 5.48. The molecule has 1 aliphatic carbocycles. The summed E-state index contributed by atoms with van der Waals surface area (Å²) in [4.78, 5) is 27.9. The van der Waals surface area contributed by atoms with Gasteiger partial charge < -0.3 is 14.9 Å². The van der Waals surface area contributed by atoms with Crippen molar-refractivity contribution in [2.45, 2.75) is 70.9 Å². The van der Waals surface area contributed by atoms with Crippen LogP contribution in [0, 0.1) is 5.92 Å². The second-order valence-corrected chi connectivity index (χ2v) is 6.79. The van der Waals surface area contributed by atoms with Crippen molar-refractivity contribution in [1.82, 2.24) is 9.80 Å². The predicted molar refractivity (Wildman–Crippen MR) is 81.2 cm³/mol. The third kappa shape index (κ3) is 4.35. The molecular weight excluding hydrogens is 268 g/mol. The largest absolute Gasteiger partial charge is 0.480 e. The zero-order chi connectivity index (χ0) is 15.4. The van der Waals surface area contributed by atoms with Crippen LogP contribution in [0.5, 0.6) is 0 Å². The number of hydrogen-bond acceptors (Lipinski definition) is 2. The molecule has 0 aromatic rings. The second kappa shape index (κ2) is 7.14. The van der Waals surface area contributed by atoms with Crippen LogP contribution in [0.1, 0.15) is 58.8 Å². The third-order valence-electron chi connectivity index (χ3n) is 4.46. The first-order chi connectivity index (χ1) is 10.0. The minimum absolute atomic E-state index is 0.0487. The van der Waals surface area contributed by atoms with Gasteiger partial charge in [-0.1, -0.05) is 26.7 Å². The summed E-state index contributed by atoms with van der Waals surface area (Å²) >= 11 is 0. The fraction of sp³-hybridized carbons (Fsp3) is 0.875. The fourth-order valence-corrected chi connectivity index (χ4v) is 2.98. The molecule has 120 valence electrons. The minimum atomic E-state index is -0.857. The van der Waals surface area contributed by atoms with E-state index in [1.807, 2.05) is 4.90 Å². The molecule has 0 bridgehead atoms. The number of urea groups is 1. The van der Waals surface area contributed by atoms with Gasteiger partial charge in [0.15, 0.2) is 0 Å². The molecule has 0 aromatic carbocycles. The van der Waals surface area contributed by atoms with Gasteiger partial charge in [-0.15, -0.1) is 0 Å². The number of nitrogens with zero attached hydrogens (tertiary/aromatic N) is 2. The van der Waals surface area contributed by atoms with Crippen LogP contribution in [-0.2, 0) is 4.79 Å². The van der Waals surface area contributed by atoms with E-state index < -0.39 is 12.0 Å². The number of carbonyl (C=O) groups is 2. The summed E-state index contributed by atoms with van der Waals surface area (Å²) in [5.41, 5.74) is 0. The standard InChI is InChI=1S/C16H28N2O3/c1-12(2)9-11-17(13-7-8-13)16(21)18-10-5-3-4-6-14(18)15(19)20/h12-14H,3-11H2,1-2H3,(H,19,20). The molecule has 0 radical (unpaired) electrons. The van der Waals surface area contributed by atoms with Crippen LogP contribution < -0.4 is 0 Å². The molecule has 0 spiro atoms. The van der Waals surface area contributed by atoms with Gasteiger partial charge in [0.2, 0.25) is 0 Å². The summed E-state index contributed by atoms with van der Waals surface area (Å²) in [5, 5.41) is 9.42. The summed E-state index contributed by atoms with van der Waals surface area (Å²) in [6.07, 6.45) is 6.53. The molecule has 2 fully saturated rings. The minimum Gasteiger partial charge on any atom is -0.480 e. The normalized spacial score (nSPS) is 23.0. The van der Waals surface area contributed by atoms with Crippen molar-refractivity contribution in [3.05, 3.63) is 0 Å². The average molecular weight is 296 g/mol. The molecule has 2 rings (SSSR count). The van der Waals surface area contributed by atoms with Crippen LogP contribution in [0.25, 0.3) is 0 Å². The number of carboxylic acid groups (broad SMARTS) is 1. The number of likely N-dealkylation sites (tertiary alicyclic amines) is 1. The van der Waals surface area contributed by atoms with Gasteiger partial charge in [-0.05, 0) is 38.0 Å². The molecule has 1 saturated carbocycles. The van der Waals surface area contributed by atoms with Crippen LogP contribution in [0.2, 0.25) is 0 Å². The SMILES string of the molecule is CC(C)CCN(C(=O)N1CCCCCC1C(=O)O)C1CC1. The van der Waals surface area contributed by atoms with E-state index in [2.05, 4.69) is 13.8 Å². The van der Waals surface area contributed by atoms with E-state index in [9.17, 15) is 14.7 Å². The second-order valence-electron chi connectivity index (χ2n) is 6.79. The average Bonchev–Trinajstić information content (AvgIpc) is 3.24. The molecule has 1 N–H and O–H groups in total. The Morgan fingerprint density at radius 3 is 2.48 bits per heavy atom. The maximum absolute atomic E-state index is 12.8. The van der Waals surface area contributed by atoms with Crippen LogP contribution in [0.4, 0.5) is 4.79 Å². The van der Waals surface area contributed by atoms with Crippen molar-refractivity contribution in [1.29, 1.82) is 0 Å². The van der Waals surface area contributed by atoms with E-state index >= 15 is 0 Å². The molecule has 1 heterocycles. The number of rotatable bonds is 5. The van der Waals surface area contributed by atoms with Gasteiger partial charge in [-0.25, -0.2) is 9.59 Å². The van der Waals surface area contributed by atoms with Crippen molar-refractivity contribution < 1.29 is 14.7 Å². The Balaban J connectivity index is 2.07. The molecular formula is C16H28N2O3. The Bertz CT molecular complexity index is 380. The number of hydrogen-bond donors (Lipinski definition) is 1. The van der Waals surface area contributed by atoms with Crippen LogP contribution in [0.15, 0.2) is 0 Å². The highest BCUT2D eigenvalue weighted by Crippen LogP contribution is 2.30. The maximum Gasteiger partial charge on any atom is 0.326 e. The van der Waals surface area contributed by atoms with Gasteiger partial charge in [0.1, 0.15) is 6.04 Å². The molecule has 21 heavy (non-hydrogen) atoms. The number of aliphatic carboxylic acids is 1. The molecule has 5 heteroatoms. The van der Waals surface area contributed by atoms with Gasteiger partial charge in [0.25, 0.3) is 0 Å². The number of carbonyl (C=O) groups excluding carboxylic acids is 1. The molecule has 1 unspecified atom stereocenters. The highest BCUT2D eigenvalue weighted by Gasteiger charge is 2.38. The quantitative estimate of drug-likeness (QED) is 0.848. The summed E-state index contributed by atoms with van der Waals surface area (Å²) < 4.78 is 0. The van der Waals surface area contributed by atoms with Crippen LogP contribution in [-0.4, -0.2) is 52.1 Å². The van der Waals surface area contributed by atoms with E-state index in [1.54, 1.807) is 4.90 Å². The molecule has 1 atom stereocenters. The smallest absolute Gasteiger partial charge is 0.326 e. The van der Waals surface area contributed by atoms with Gasteiger partial charge in [0, 0.05) is 19.1 Å². The van der Waals surface area contributed by atoms with Gasteiger partial charge in [-0.2, -0.15) is 0 Å². The lowest BCUT2D eigenvalue weighted by atomic mass is 10.1. The van der Waals surface area contributed by atoms with Crippen molar-refractivity contribution in [3.8, 4) is 0 Å². The highest BCUT2D eigenvalue weighted by molar-refractivity contribution is 5.83. The Labute approximate surface area is 127 Å². The zero-order valence-corrected chi connectivity index (χ0v) is 13.3. The topological polar surface area (TPSA) is 60.9 Å². The molecule has 1 aliphatic heterocycles. The number of carboxylic acids is 1. The first-order valence-electron chi connectivity index (χ1n) is 8.30. The Morgan fingerprint density at radius 2 is 1.90 bits per heavy atom. The van der Waals surface area contributed by atoms with Crippen molar-refractivity contribution >= 4 is 12.0 Å². The Hall–Kier alpha value is -1.26. The lowest BCUT2D eigenvalue weighted by Gasteiger charge is -2.33. The van der Waals surface area contributed by atoms with E-state index in [4.69, 9.17) is 0 Å². The summed E-state index contributed by atoms with van der Waals surface area (Å²) in [5.74, 6) is -0.302. The van der Waals surface area contributed by atoms with E-state index in [-0.39, 0.29) is 6.03 Å². The third-order valence-corrected chi connectivity index (χ3v) is 4.46. The molecule has 1 saturated heterocycles. The summed E-state index contributed by atoms with van der Waals surface area (Å²) in [6.45, 7) is 5.65. The first-order valence-corrected chi connectivity index (χ1v) is 8.30. The van der Waals surface area contributed by atoms with Crippen LogP contribution in [0.3, 0.4) is 0 Å². The summed E-state index contributed by atoms with van der Waals surface area (Å²) in [7, 11) is 0. The predicted octanol–water partition coefficient (Wildman–Crippen LogP) is 2.95. The van der Waals surface area contributed by atoms with Crippen molar-refractivity contribution in [2.75, 3.05) is 13.1 Å².